The second-order valence-electron chi connectivity index (χ2n) is 6.46. The van der Waals surface area contributed by atoms with Crippen LogP contribution in [0.2, 0.25) is 0 Å². The molecular weight excluding hydrogens is 274 g/mol. The van der Waals surface area contributed by atoms with E-state index in [-0.39, 0.29) is 18.3 Å². The average Bonchev–Trinajstić information content (AvgIpc) is 2.38. The zero-order valence-corrected chi connectivity index (χ0v) is 13.8. The number of hydrogen-bond donors (Lipinski definition) is 2. The maximum atomic E-state index is 12.2. The first kappa shape index (κ1) is 17.7. The molecule has 2 N–H and O–H groups in total. The fraction of sp³-hybridized carbons (Fsp3) is 0.933. The second-order valence-corrected chi connectivity index (χ2v) is 6.46. The molecule has 1 aliphatic heterocycles. The minimum atomic E-state index is 0. The largest absolute Gasteiger partial charge is 0.352 e. The summed E-state index contributed by atoms with van der Waals surface area (Å²) in [5.41, 5.74) is 0. The smallest absolute Gasteiger partial charge is 0.234 e. The molecule has 0 spiro atoms. The molecule has 2 fully saturated rings. The number of carbonyl (C=O) groups excluding carboxylic acids is 1. The monoisotopic (exact) mass is 303 g/mol. The number of hydrogen-bond acceptors (Lipinski definition) is 3. The summed E-state index contributed by atoms with van der Waals surface area (Å²) in [6, 6.07) is 0.844. The fourth-order valence-electron chi connectivity index (χ4n) is 3.34. The van der Waals surface area contributed by atoms with Crippen LogP contribution in [0, 0.1) is 11.8 Å². The molecule has 2 rings (SSSR count). The topological polar surface area (TPSA) is 44.4 Å². The van der Waals surface area contributed by atoms with E-state index in [4.69, 9.17) is 0 Å². The highest BCUT2D eigenvalue weighted by atomic mass is 35.5. The van der Waals surface area contributed by atoms with Gasteiger partial charge in [0.15, 0.2) is 0 Å². The van der Waals surface area contributed by atoms with E-state index in [1.54, 1.807) is 0 Å². The highest BCUT2D eigenvalue weighted by molar-refractivity contribution is 5.85. The first-order valence-corrected chi connectivity index (χ1v) is 7.82. The summed E-state index contributed by atoms with van der Waals surface area (Å²) < 4.78 is 0. The van der Waals surface area contributed by atoms with Crippen LogP contribution in [-0.4, -0.2) is 49.1 Å². The molecule has 4 nitrogen and oxygen atoms in total. The minimum absolute atomic E-state index is 0. The molecule has 3 unspecified atom stereocenters. The average molecular weight is 304 g/mol. The number of nitrogens with one attached hydrogen (secondary N) is 2. The van der Waals surface area contributed by atoms with Gasteiger partial charge in [-0.25, -0.2) is 0 Å². The molecule has 0 aromatic carbocycles. The van der Waals surface area contributed by atoms with Gasteiger partial charge in [-0.3, -0.25) is 9.69 Å². The van der Waals surface area contributed by atoms with E-state index in [0.717, 1.165) is 32.0 Å². The normalized spacial score (nSPS) is 35.1. The Morgan fingerprint density at radius 1 is 1.30 bits per heavy atom. The van der Waals surface area contributed by atoms with Crippen LogP contribution in [0.25, 0.3) is 0 Å². The van der Waals surface area contributed by atoms with Crippen molar-refractivity contribution in [1.82, 2.24) is 15.5 Å². The number of carbonyl (C=O) groups is 1. The van der Waals surface area contributed by atoms with Crippen molar-refractivity contribution in [2.75, 3.05) is 26.2 Å². The van der Waals surface area contributed by atoms with Crippen LogP contribution in [0.3, 0.4) is 0 Å². The molecule has 5 heteroatoms. The lowest BCUT2D eigenvalue weighted by molar-refractivity contribution is -0.124. The Kier molecular flexibility index (Phi) is 7.27. The quantitative estimate of drug-likeness (QED) is 0.833. The Labute approximate surface area is 129 Å². The Morgan fingerprint density at radius 3 is 2.75 bits per heavy atom. The molecule has 1 saturated carbocycles. The van der Waals surface area contributed by atoms with E-state index in [1.165, 1.54) is 12.8 Å². The van der Waals surface area contributed by atoms with E-state index >= 15 is 0 Å². The van der Waals surface area contributed by atoms with Gasteiger partial charge in [0, 0.05) is 31.7 Å². The molecule has 118 valence electrons. The maximum Gasteiger partial charge on any atom is 0.234 e. The van der Waals surface area contributed by atoms with Gasteiger partial charge in [-0.15, -0.1) is 12.4 Å². The predicted octanol–water partition coefficient (Wildman–Crippen LogP) is 1.64. The first-order valence-electron chi connectivity index (χ1n) is 7.82. The van der Waals surface area contributed by atoms with Crippen molar-refractivity contribution in [1.29, 1.82) is 0 Å². The lowest BCUT2D eigenvalue weighted by Gasteiger charge is -2.36. The lowest BCUT2D eigenvalue weighted by atomic mass is 9.78. The summed E-state index contributed by atoms with van der Waals surface area (Å²) in [6.45, 7) is 10.3. The molecule has 0 bridgehead atoms. The van der Waals surface area contributed by atoms with E-state index in [0.29, 0.717) is 24.5 Å². The first-order chi connectivity index (χ1) is 9.08. The Hall–Kier alpha value is -0.320. The van der Waals surface area contributed by atoms with Crippen LogP contribution in [0.5, 0.6) is 0 Å². The van der Waals surface area contributed by atoms with Crippen molar-refractivity contribution in [2.45, 2.75) is 52.1 Å². The summed E-state index contributed by atoms with van der Waals surface area (Å²) >= 11 is 0. The summed E-state index contributed by atoms with van der Waals surface area (Å²) in [4.78, 5) is 14.5. The lowest BCUT2D eigenvalue weighted by Crippen LogP contribution is -2.54. The van der Waals surface area contributed by atoms with E-state index in [1.807, 2.05) is 0 Å². The third kappa shape index (κ3) is 4.61. The van der Waals surface area contributed by atoms with Gasteiger partial charge < -0.3 is 10.6 Å². The summed E-state index contributed by atoms with van der Waals surface area (Å²) in [7, 11) is 0. The molecule has 1 aliphatic carbocycles. The Morgan fingerprint density at radius 2 is 2.05 bits per heavy atom. The number of nitrogens with zero attached hydrogens (tertiary/aromatic N) is 1. The molecule has 0 aromatic rings. The molecular formula is C15H30ClN3O. The molecule has 2 aliphatic rings. The van der Waals surface area contributed by atoms with Gasteiger partial charge >= 0.3 is 0 Å². The van der Waals surface area contributed by atoms with Crippen LogP contribution in [0.1, 0.15) is 40.0 Å². The predicted molar refractivity (Wildman–Crippen MR) is 85.3 cm³/mol. The van der Waals surface area contributed by atoms with Crippen molar-refractivity contribution in [2.24, 2.45) is 11.8 Å². The van der Waals surface area contributed by atoms with Gasteiger partial charge in [0.25, 0.3) is 0 Å². The molecule has 20 heavy (non-hydrogen) atoms. The minimum Gasteiger partial charge on any atom is -0.352 e. The number of piperazine rings is 1. The summed E-state index contributed by atoms with van der Waals surface area (Å²) in [5.74, 6) is 1.55. The second kappa shape index (κ2) is 8.20. The number of halogens is 1. The fourth-order valence-corrected chi connectivity index (χ4v) is 3.34. The highest BCUT2D eigenvalue weighted by Crippen LogP contribution is 2.29. The van der Waals surface area contributed by atoms with E-state index < -0.39 is 0 Å². The van der Waals surface area contributed by atoms with Crippen LogP contribution in [0.4, 0.5) is 0 Å². The third-order valence-corrected chi connectivity index (χ3v) is 5.04. The van der Waals surface area contributed by atoms with Crippen LogP contribution < -0.4 is 10.6 Å². The molecule has 1 heterocycles. The van der Waals surface area contributed by atoms with Gasteiger partial charge in [0.1, 0.15) is 0 Å². The zero-order valence-electron chi connectivity index (χ0n) is 13.0. The summed E-state index contributed by atoms with van der Waals surface area (Å²) in [5, 5.41) is 6.62. The Bertz CT molecular complexity index is 313. The van der Waals surface area contributed by atoms with Crippen molar-refractivity contribution < 1.29 is 4.79 Å². The van der Waals surface area contributed by atoms with Gasteiger partial charge in [0.2, 0.25) is 5.91 Å². The summed E-state index contributed by atoms with van der Waals surface area (Å²) in [6.07, 6.45) is 3.71. The van der Waals surface area contributed by atoms with Crippen LogP contribution in [-0.2, 0) is 4.79 Å². The third-order valence-electron chi connectivity index (χ3n) is 5.04. The van der Waals surface area contributed by atoms with Gasteiger partial charge in [-0.1, -0.05) is 26.7 Å². The van der Waals surface area contributed by atoms with Gasteiger partial charge in [0.05, 0.1) is 6.54 Å². The van der Waals surface area contributed by atoms with Crippen molar-refractivity contribution >= 4 is 18.3 Å². The van der Waals surface area contributed by atoms with Crippen LogP contribution in [0.15, 0.2) is 0 Å². The highest BCUT2D eigenvalue weighted by Gasteiger charge is 2.29. The van der Waals surface area contributed by atoms with Crippen molar-refractivity contribution in [3.63, 3.8) is 0 Å². The zero-order chi connectivity index (χ0) is 13.8. The van der Waals surface area contributed by atoms with Gasteiger partial charge in [-0.05, 0) is 25.2 Å². The number of rotatable bonds is 3. The molecule has 0 aromatic heterocycles. The molecule has 1 saturated heterocycles. The molecule has 4 atom stereocenters. The number of amides is 1. The Balaban J connectivity index is 0.00000200. The van der Waals surface area contributed by atoms with E-state index in [2.05, 4.69) is 36.3 Å². The van der Waals surface area contributed by atoms with Gasteiger partial charge in [-0.2, -0.15) is 0 Å². The van der Waals surface area contributed by atoms with Crippen molar-refractivity contribution in [3.8, 4) is 0 Å². The molecule has 1 amide bonds. The molecule has 0 radical (unpaired) electrons. The maximum absolute atomic E-state index is 12.2. The van der Waals surface area contributed by atoms with Crippen LogP contribution >= 0.6 is 12.4 Å². The van der Waals surface area contributed by atoms with Crippen molar-refractivity contribution in [3.05, 3.63) is 0 Å². The SMILES string of the molecule is CC1CCCC(NC(=O)CN2CCNC[C@@H]2C)C1C.Cl. The standard InChI is InChI=1S/C15H29N3O.ClH/c1-11-5-4-6-14(13(11)3)17-15(19)10-18-8-7-16-9-12(18)2;/h11-14,16H,4-10H2,1-3H3,(H,17,19);1H/t11?,12-,13?,14?;/m0./s1. The van der Waals surface area contributed by atoms with E-state index in [9.17, 15) is 4.79 Å².